The minimum absolute atomic E-state index is 0.493. The number of rotatable bonds is 3. The maximum Gasteiger partial charge on any atom is 0.104 e. The van der Waals surface area contributed by atoms with Gasteiger partial charge in [-0.1, -0.05) is 6.92 Å². The summed E-state index contributed by atoms with van der Waals surface area (Å²) in [5.41, 5.74) is -0.533. The van der Waals surface area contributed by atoms with Crippen molar-refractivity contribution in [3.05, 3.63) is 24.5 Å². The number of hydrogen-bond acceptors (Lipinski definition) is 3. The SMILES string of the molecule is CCC(C)(O)/C(=C/C#N)n1cccn1. The van der Waals surface area contributed by atoms with Gasteiger partial charge in [0.2, 0.25) is 0 Å². The van der Waals surface area contributed by atoms with E-state index in [1.165, 1.54) is 10.8 Å². The van der Waals surface area contributed by atoms with Gasteiger partial charge in [-0.3, -0.25) is 0 Å². The molecule has 0 saturated heterocycles. The molecule has 1 N–H and O–H groups in total. The Morgan fingerprint density at radius 2 is 2.50 bits per heavy atom. The Morgan fingerprint density at radius 1 is 1.79 bits per heavy atom. The van der Waals surface area contributed by atoms with Gasteiger partial charge < -0.3 is 5.11 Å². The van der Waals surface area contributed by atoms with E-state index in [2.05, 4.69) is 5.10 Å². The van der Waals surface area contributed by atoms with Gasteiger partial charge in [-0.15, -0.1) is 0 Å². The molecule has 74 valence electrons. The highest BCUT2D eigenvalue weighted by atomic mass is 16.3. The summed E-state index contributed by atoms with van der Waals surface area (Å²) in [7, 11) is 0. The molecular weight excluding hydrogens is 178 g/mol. The molecule has 0 fully saturated rings. The van der Waals surface area contributed by atoms with E-state index in [0.717, 1.165) is 0 Å². The van der Waals surface area contributed by atoms with Gasteiger partial charge in [-0.05, 0) is 19.4 Å². The van der Waals surface area contributed by atoms with Crippen LogP contribution in [0.1, 0.15) is 20.3 Å². The van der Waals surface area contributed by atoms with Crippen molar-refractivity contribution >= 4 is 5.70 Å². The molecule has 0 amide bonds. The van der Waals surface area contributed by atoms with E-state index in [-0.39, 0.29) is 0 Å². The number of hydrogen-bond donors (Lipinski definition) is 1. The van der Waals surface area contributed by atoms with Crippen LogP contribution >= 0.6 is 0 Å². The van der Waals surface area contributed by atoms with Gasteiger partial charge in [0.1, 0.15) is 5.60 Å². The van der Waals surface area contributed by atoms with Gasteiger partial charge in [0, 0.05) is 18.5 Å². The standard InChI is InChI=1S/C10H13N3O/c1-3-10(2,14)9(5-6-11)13-8-4-7-12-13/h4-5,7-8,14H,3H2,1-2H3/b9-5-. The Labute approximate surface area is 83.1 Å². The van der Waals surface area contributed by atoms with Crippen LogP contribution in [0.15, 0.2) is 24.5 Å². The van der Waals surface area contributed by atoms with Crippen LogP contribution < -0.4 is 0 Å². The molecule has 0 aliphatic carbocycles. The molecule has 0 aromatic carbocycles. The van der Waals surface area contributed by atoms with Gasteiger partial charge in [-0.2, -0.15) is 10.4 Å². The number of aliphatic hydroxyl groups is 1. The zero-order valence-corrected chi connectivity index (χ0v) is 8.31. The third-order valence-electron chi connectivity index (χ3n) is 2.19. The molecule has 1 atom stereocenters. The normalized spacial score (nSPS) is 16.0. The number of nitrogens with zero attached hydrogens (tertiary/aromatic N) is 3. The molecule has 1 rings (SSSR count). The van der Waals surface area contributed by atoms with Crippen molar-refractivity contribution in [1.29, 1.82) is 5.26 Å². The third kappa shape index (κ3) is 2.01. The maximum atomic E-state index is 10.0. The first-order chi connectivity index (χ1) is 6.61. The molecule has 1 aromatic heterocycles. The Kier molecular flexibility index (Phi) is 3.05. The first-order valence-corrected chi connectivity index (χ1v) is 4.44. The lowest BCUT2D eigenvalue weighted by Crippen LogP contribution is -2.28. The van der Waals surface area contributed by atoms with Crippen molar-refractivity contribution in [2.45, 2.75) is 25.9 Å². The van der Waals surface area contributed by atoms with Crippen LogP contribution in [0.2, 0.25) is 0 Å². The summed E-state index contributed by atoms with van der Waals surface area (Å²) in [6.45, 7) is 3.52. The molecule has 0 bridgehead atoms. The highest BCUT2D eigenvalue weighted by Gasteiger charge is 2.25. The molecule has 4 nitrogen and oxygen atoms in total. The van der Waals surface area contributed by atoms with E-state index >= 15 is 0 Å². The molecule has 0 aliphatic heterocycles. The molecule has 0 radical (unpaired) electrons. The number of nitriles is 1. The van der Waals surface area contributed by atoms with Crippen LogP contribution in [0.5, 0.6) is 0 Å². The topological polar surface area (TPSA) is 61.8 Å². The summed E-state index contributed by atoms with van der Waals surface area (Å²) in [6, 6.07) is 3.66. The molecule has 1 heterocycles. The van der Waals surface area contributed by atoms with Crippen LogP contribution in [0, 0.1) is 11.3 Å². The second-order valence-electron chi connectivity index (χ2n) is 3.24. The summed E-state index contributed by atoms with van der Waals surface area (Å²) in [6.07, 6.45) is 5.15. The lowest BCUT2D eigenvalue weighted by atomic mass is 9.99. The summed E-state index contributed by atoms with van der Waals surface area (Å²) < 4.78 is 1.51. The van der Waals surface area contributed by atoms with Gasteiger partial charge in [0.15, 0.2) is 0 Å². The number of aromatic nitrogens is 2. The molecule has 4 heteroatoms. The van der Waals surface area contributed by atoms with Gasteiger partial charge in [-0.25, -0.2) is 4.68 Å². The van der Waals surface area contributed by atoms with Crippen molar-refractivity contribution < 1.29 is 5.11 Å². The lowest BCUT2D eigenvalue weighted by molar-refractivity contribution is 0.111. The lowest BCUT2D eigenvalue weighted by Gasteiger charge is -2.24. The second-order valence-corrected chi connectivity index (χ2v) is 3.24. The van der Waals surface area contributed by atoms with Crippen LogP contribution in [0.25, 0.3) is 5.70 Å². The van der Waals surface area contributed by atoms with E-state index in [1.54, 1.807) is 25.4 Å². The third-order valence-corrected chi connectivity index (χ3v) is 2.19. The zero-order valence-electron chi connectivity index (χ0n) is 8.31. The summed E-state index contributed by atoms with van der Waals surface area (Å²) in [5, 5.41) is 22.6. The molecule has 1 unspecified atom stereocenters. The van der Waals surface area contributed by atoms with E-state index in [0.29, 0.717) is 12.1 Å². The van der Waals surface area contributed by atoms with Crippen molar-refractivity contribution in [3.8, 4) is 6.07 Å². The van der Waals surface area contributed by atoms with E-state index in [4.69, 9.17) is 5.26 Å². The van der Waals surface area contributed by atoms with Gasteiger partial charge >= 0.3 is 0 Å². The van der Waals surface area contributed by atoms with E-state index in [9.17, 15) is 5.11 Å². The Hall–Kier alpha value is -1.60. The van der Waals surface area contributed by atoms with Crippen LogP contribution in [-0.2, 0) is 0 Å². The quantitative estimate of drug-likeness (QED) is 0.735. The maximum absolute atomic E-state index is 10.0. The average Bonchev–Trinajstić information content (AvgIpc) is 2.66. The molecule has 0 aliphatic rings. The van der Waals surface area contributed by atoms with Crippen molar-refractivity contribution in [2.75, 3.05) is 0 Å². The Morgan fingerprint density at radius 3 is 2.93 bits per heavy atom. The summed E-state index contributed by atoms with van der Waals surface area (Å²) >= 11 is 0. The molecular formula is C10H13N3O. The first kappa shape index (κ1) is 10.5. The highest BCUT2D eigenvalue weighted by molar-refractivity contribution is 5.55. The minimum Gasteiger partial charge on any atom is -0.384 e. The Balaban J connectivity index is 3.12. The van der Waals surface area contributed by atoms with Crippen LogP contribution in [0.3, 0.4) is 0 Å². The molecule has 14 heavy (non-hydrogen) atoms. The predicted octanol–water partition coefficient (Wildman–Crippen LogP) is 1.41. The molecule has 1 aromatic rings. The fraction of sp³-hybridized carbons (Fsp3) is 0.400. The summed E-state index contributed by atoms with van der Waals surface area (Å²) in [4.78, 5) is 0. The zero-order chi connectivity index (χ0) is 10.6. The highest BCUT2D eigenvalue weighted by Crippen LogP contribution is 2.23. The van der Waals surface area contributed by atoms with Crippen molar-refractivity contribution in [1.82, 2.24) is 9.78 Å². The summed E-state index contributed by atoms with van der Waals surface area (Å²) in [5.74, 6) is 0. The van der Waals surface area contributed by atoms with E-state index in [1.807, 2.05) is 13.0 Å². The first-order valence-electron chi connectivity index (χ1n) is 4.44. The average molecular weight is 191 g/mol. The molecule has 0 saturated carbocycles. The monoisotopic (exact) mass is 191 g/mol. The number of allylic oxidation sites excluding steroid dienone is 1. The second kappa shape index (κ2) is 4.07. The van der Waals surface area contributed by atoms with Crippen molar-refractivity contribution in [2.24, 2.45) is 0 Å². The van der Waals surface area contributed by atoms with Gasteiger partial charge in [0.25, 0.3) is 0 Å². The minimum atomic E-state index is -1.03. The van der Waals surface area contributed by atoms with E-state index < -0.39 is 5.60 Å². The van der Waals surface area contributed by atoms with Gasteiger partial charge in [0.05, 0.1) is 11.8 Å². The fourth-order valence-corrected chi connectivity index (χ4v) is 1.12. The molecule has 0 spiro atoms. The van der Waals surface area contributed by atoms with Crippen molar-refractivity contribution in [3.63, 3.8) is 0 Å². The largest absolute Gasteiger partial charge is 0.384 e. The smallest absolute Gasteiger partial charge is 0.104 e. The van der Waals surface area contributed by atoms with Crippen LogP contribution in [-0.4, -0.2) is 20.5 Å². The fourth-order valence-electron chi connectivity index (χ4n) is 1.12. The predicted molar refractivity (Wildman–Crippen MR) is 53.0 cm³/mol. The Bertz CT molecular complexity index is 357. The van der Waals surface area contributed by atoms with Crippen LogP contribution in [0.4, 0.5) is 0 Å².